The van der Waals surface area contributed by atoms with Gasteiger partial charge in [-0.15, -0.1) is 24.0 Å². The number of nitrogens with zero attached hydrogens (tertiary/aromatic N) is 2. The van der Waals surface area contributed by atoms with Gasteiger partial charge in [0.15, 0.2) is 17.5 Å². The fourth-order valence-corrected chi connectivity index (χ4v) is 3.07. The number of ether oxygens (including phenoxy) is 2. The monoisotopic (exact) mass is 566 g/mol. The molecule has 1 aromatic heterocycles. The van der Waals surface area contributed by atoms with E-state index in [0.717, 1.165) is 35.6 Å². The molecule has 0 radical (unpaired) electrons. The minimum absolute atomic E-state index is 0. The molecule has 1 heterocycles. The van der Waals surface area contributed by atoms with Gasteiger partial charge in [-0.25, -0.2) is 4.98 Å². The lowest BCUT2D eigenvalue weighted by molar-refractivity contribution is 0.284. The molecule has 2 N–H and O–H groups in total. The van der Waals surface area contributed by atoms with Crippen molar-refractivity contribution in [3.63, 3.8) is 0 Å². The van der Waals surface area contributed by atoms with E-state index in [1.807, 2.05) is 54.6 Å². The van der Waals surface area contributed by atoms with Crippen LogP contribution in [0.5, 0.6) is 11.5 Å². The van der Waals surface area contributed by atoms with Crippen LogP contribution in [-0.2, 0) is 19.6 Å². The second-order valence-electron chi connectivity index (χ2n) is 6.85. The van der Waals surface area contributed by atoms with Crippen LogP contribution in [0.4, 0.5) is 0 Å². The Kier molecular flexibility index (Phi) is 11.1. The zero-order valence-corrected chi connectivity index (χ0v) is 21.3. The second-order valence-corrected chi connectivity index (χ2v) is 7.24. The SMILES string of the molecule is CN=C(NCCc1ccc(Cl)nc1)NCc1ccc(OCc2ccccc2)c(OC)c1.I. The lowest BCUT2D eigenvalue weighted by Crippen LogP contribution is -2.37. The highest BCUT2D eigenvalue weighted by Gasteiger charge is 2.07. The number of rotatable bonds is 9. The highest BCUT2D eigenvalue weighted by Crippen LogP contribution is 2.28. The lowest BCUT2D eigenvalue weighted by atomic mass is 10.2. The minimum atomic E-state index is 0. The molecule has 0 saturated carbocycles. The van der Waals surface area contributed by atoms with Gasteiger partial charge < -0.3 is 20.1 Å². The quantitative estimate of drug-likeness (QED) is 0.168. The topological polar surface area (TPSA) is 67.8 Å². The van der Waals surface area contributed by atoms with Crippen molar-refractivity contribution >= 4 is 41.5 Å². The number of aromatic nitrogens is 1. The summed E-state index contributed by atoms with van der Waals surface area (Å²) in [7, 11) is 3.40. The molecular weight excluding hydrogens is 539 g/mol. The van der Waals surface area contributed by atoms with Crippen LogP contribution in [0.3, 0.4) is 0 Å². The van der Waals surface area contributed by atoms with Crippen molar-refractivity contribution in [2.45, 2.75) is 19.6 Å². The summed E-state index contributed by atoms with van der Waals surface area (Å²) in [5.41, 5.74) is 3.29. The normalized spacial score (nSPS) is 10.8. The summed E-state index contributed by atoms with van der Waals surface area (Å²) in [5, 5.41) is 7.12. The number of benzene rings is 2. The van der Waals surface area contributed by atoms with E-state index in [2.05, 4.69) is 20.6 Å². The number of pyridine rings is 1. The van der Waals surface area contributed by atoms with Crippen LogP contribution < -0.4 is 20.1 Å². The average Bonchev–Trinajstić information content (AvgIpc) is 2.82. The van der Waals surface area contributed by atoms with E-state index in [0.29, 0.717) is 29.8 Å². The maximum atomic E-state index is 5.92. The van der Waals surface area contributed by atoms with E-state index < -0.39 is 0 Å². The molecule has 8 heteroatoms. The fraction of sp³-hybridized carbons (Fsp3) is 0.250. The van der Waals surface area contributed by atoms with Crippen LogP contribution in [0.15, 0.2) is 71.9 Å². The molecule has 0 saturated heterocycles. The molecule has 3 aromatic rings. The molecule has 0 fully saturated rings. The summed E-state index contributed by atoms with van der Waals surface area (Å²) in [4.78, 5) is 8.37. The zero-order valence-electron chi connectivity index (χ0n) is 18.2. The molecule has 0 aliphatic carbocycles. The molecular formula is C24H28ClIN4O2. The van der Waals surface area contributed by atoms with E-state index in [9.17, 15) is 0 Å². The first-order valence-corrected chi connectivity index (χ1v) is 10.4. The van der Waals surface area contributed by atoms with Crippen molar-refractivity contribution in [3.8, 4) is 11.5 Å². The van der Waals surface area contributed by atoms with Crippen molar-refractivity contribution in [1.82, 2.24) is 15.6 Å². The number of hydrogen-bond donors (Lipinski definition) is 2. The molecule has 0 atom stereocenters. The Bertz CT molecular complexity index is 985. The van der Waals surface area contributed by atoms with Crippen LogP contribution in [0, 0.1) is 0 Å². The van der Waals surface area contributed by atoms with E-state index >= 15 is 0 Å². The first-order valence-electron chi connectivity index (χ1n) is 10.1. The van der Waals surface area contributed by atoms with E-state index in [1.54, 1.807) is 26.4 Å². The number of methoxy groups -OCH3 is 1. The molecule has 6 nitrogen and oxygen atoms in total. The van der Waals surface area contributed by atoms with Crippen molar-refractivity contribution in [1.29, 1.82) is 0 Å². The highest BCUT2D eigenvalue weighted by molar-refractivity contribution is 14.0. The third-order valence-corrected chi connectivity index (χ3v) is 4.87. The van der Waals surface area contributed by atoms with Crippen LogP contribution in [0.1, 0.15) is 16.7 Å². The molecule has 2 aromatic carbocycles. The predicted octanol–water partition coefficient (Wildman–Crippen LogP) is 4.85. The first kappa shape index (κ1) is 25.7. The van der Waals surface area contributed by atoms with Gasteiger partial charge in [0.05, 0.1) is 7.11 Å². The predicted molar refractivity (Wildman–Crippen MR) is 140 cm³/mol. The van der Waals surface area contributed by atoms with Crippen LogP contribution in [-0.4, -0.2) is 31.6 Å². The van der Waals surface area contributed by atoms with Crippen molar-refractivity contribution in [2.24, 2.45) is 4.99 Å². The minimum Gasteiger partial charge on any atom is -0.493 e. The Morgan fingerprint density at radius 3 is 2.44 bits per heavy atom. The Labute approximate surface area is 211 Å². The number of halogens is 2. The molecule has 0 amide bonds. The van der Waals surface area contributed by atoms with Gasteiger partial charge in [-0.3, -0.25) is 4.99 Å². The maximum Gasteiger partial charge on any atom is 0.191 e. The Hall–Kier alpha value is -2.52. The Morgan fingerprint density at radius 1 is 0.969 bits per heavy atom. The third-order valence-electron chi connectivity index (χ3n) is 4.64. The van der Waals surface area contributed by atoms with Gasteiger partial charge in [-0.2, -0.15) is 0 Å². The fourth-order valence-electron chi connectivity index (χ4n) is 2.96. The van der Waals surface area contributed by atoms with Gasteiger partial charge in [0.25, 0.3) is 0 Å². The van der Waals surface area contributed by atoms with Gasteiger partial charge in [0.2, 0.25) is 0 Å². The van der Waals surface area contributed by atoms with Gasteiger partial charge in [0.1, 0.15) is 11.8 Å². The average molecular weight is 567 g/mol. The summed E-state index contributed by atoms with van der Waals surface area (Å²) in [5.74, 6) is 2.15. The maximum absolute atomic E-state index is 5.92. The molecule has 0 spiro atoms. The molecule has 0 aliphatic heterocycles. The first-order chi connectivity index (χ1) is 15.2. The molecule has 32 heavy (non-hydrogen) atoms. The Morgan fingerprint density at radius 2 is 1.75 bits per heavy atom. The molecule has 0 bridgehead atoms. The largest absolute Gasteiger partial charge is 0.493 e. The molecule has 3 rings (SSSR count). The van der Waals surface area contributed by atoms with Gasteiger partial charge in [0, 0.05) is 26.3 Å². The summed E-state index contributed by atoms with van der Waals surface area (Å²) in [6, 6.07) is 19.7. The standard InChI is InChI=1S/C24H27ClN4O2.HI/c1-26-24(27-13-12-18-9-11-23(25)28-15-18)29-16-20-8-10-21(22(14-20)30-2)31-17-19-6-4-3-5-7-19;/h3-11,14-15H,12-13,16-17H2,1-2H3,(H2,26,27,29);1H. The second kappa shape index (κ2) is 13.8. The van der Waals surface area contributed by atoms with Gasteiger partial charge in [-0.05, 0) is 41.3 Å². The van der Waals surface area contributed by atoms with Crippen molar-refractivity contribution < 1.29 is 9.47 Å². The van der Waals surface area contributed by atoms with Crippen molar-refractivity contribution in [3.05, 3.63) is 88.7 Å². The summed E-state index contributed by atoms with van der Waals surface area (Å²) in [6.07, 6.45) is 2.61. The summed E-state index contributed by atoms with van der Waals surface area (Å²) >= 11 is 5.82. The number of guanidine groups is 1. The molecule has 170 valence electrons. The van der Waals surface area contributed by atoms with Gasteiger partial charge in [-0.1, -0.05) is 54.1 Å². The van der Waals surface area contributed by atoms with E-state index in [-0.39, 0.29) is 24.0 Å². The number of nitrogens with one attached hydrogen (secondary N) is 2. The highest BCUT2D eigenvalue weighted by atomic mass is 127. The summed E-state index contributed by atoms with van der Waals surface area (Å²) in [6.45, 7) is 1.84. The van der Waals surface area contributed by atoms with Crippen LogP contribution in [0.2, 0.25) is 5.15 Å². The van der Waals surface area contributed by atoms with Crippen molar-refractivity contribution in [2.75, 3.05) is 20.7 Å². The Balaban J connectivity index is 0.00000363. The van der Waals surface area contributed by atoms with E-state index in [1.165, 1.54) is 0 Å². The zero-order chi connectivity index (χ0) is 21.9. The molecule has 0 unspecified atom stereocenters. The summed E-state index contributed by atoms with van der Waals surface area (Å²) < 4.78 is 11.4. The smallest absolute Gasteiger partial charge is 0.191 e. The molecule has 0 aliphatic rings. The van der Waals surface area contributed by atoms with Crippen LogP contribution in [0.25, 0.3) is 0 Å². The number of hydrogen-bond acceptors (Lipinski definition) is 4. The van der Waals surface area contributed by atoms with E-state index in [4.69, 9.17) is 21.1 Å². The number of aliphatic imine (C=N–C) groups is 1. The lowest BCUT2D eigenvalue weighted by Gasteiger charge is -2.14. The van der Waals surface area contributed by atoms with Gasteiger partial charge >= 0.3 is 0 Å². The van der Waals surface area contributed by atoms with Crippen LogP contribution >= 0.6 is 35.6 Å². The third kappa shape index (κ3) is 8.20.